The molecule has 30 heavy (non-hydrogen) atoms. The van der Waals surface area contributed by atoms with E-state index >= 15 is 0 Å². The molecule has 1 aromatic carbocycles. The molecule has 0 spiro atoms. The quantitative estimate of drug-likeness (QED) is 0.528. The third kappa shape index (κ3) is 3.60. The van der Waals surface area contributed by atoms with Crippen molar-refractivity contribution in [3.05, 3.63) is 23.3 Å². The molecule has 2 aliphatic rings. The number of nitrogens with one attached hydrogen (secondary N) is 1. The number of fused-ring (bicyclic) bond motifs is 1. The highest BCUT2D eigenvalue weighted by molar-refractivity contribution is 6.63. The summed E-state index contributed by atoms with van der Waals surface area (Å²) < 4.78 is 18.0. The first-order chi connectivity index (χ1) is 14.1. The zero-order valence-electron chi connectivity index (χ0n) is 18.4. The number of hydrogen-bond donors (Lipinski definition) is 1. The van der Waals surface area contributed by atoms with Crippen molar-refractivity contribution < 1.29 is 28.4 Å². The topological polar surface area (TPSA) is 94.2 Å². The Balaban J connectivity index is 1.97. The van der Waals surface area contributed by atoms with E-state index in [1.165, 1.54) is 11.9 Å². The van der Waals surface area contributed by atoms with Crippen LogP contribution in [0.15, 0.2) is 12.1 Å². The van der Waals surface area contributed by atoms with E-state index in [0.29, 0.717) is 22.3 Å². The molecule has 8 nitrogen and oxygen atoms in total. The third-order valence-corrected chi connectivity index (χ3v) is 6.31. The zero-order chi connectivity index (χ0) is 22.3. The van der Waals surface area contributed by atoms with Crippen LogP contribution in [0.4, 0.5) is 0 Å². The van der Waals surface area contributed by atoms with Gasteiger partial charge in [0.1, 0.15) is 18.1 Å². The fourth-order valence-corrected chi connectivity index (χ4v) is 3.87. The lowest BCUT2D eigenvalue weighted by atomic mass is 9.77. The highest BCUT2D eigenvalue weighted by atomic mass is 16.7. The molecule has 2 heterocycles. The monoisotopic (exact) mass is 416 g/mol. The Morgan fingerprint density at radius 1 is 1.30 bits per heavy atom. The van der Waals surface area contributed by atoms with Crippen molar-refractivity contribution in [3.63, 3.8) is 0 Å². The lowest BCUT2D eigenvalue weighted by Crippen LogP contribution is -2.46. The van der Waals surface area contributed by atoms with Crippen LogP contribution in [0, 0.1) is 0 Å². The van der Waals surface area contributed by atoms with Crippen molar-refractivity contribution >= 4 is 30.7 Å². The average Bonchev–Trinajstić information content (AvgIpc) is 3.13. The molecule has 3 rings (SSSR count). The summed E-state index contributed by atoms with van der Waals surface area (Å²) in [6, 6.07) is 2.77. The van der Waals surface area contributed by atoms with Gasteiger partial charge in [0.2, 0.25) is 5.91 Å². The van der Waals surface area contributed by atoms with Crippen LogP contribution in [0.2, 0.25) is 0 Å². The number of rotatable bonds is 7. The van der Waals surface area contributed by atoms with Gasteiger partial charge in [-0.1, -0.05) is 6.07 Å². The van der Waals surface area contributed by atoms with Crippen LogP contribution in [0.5, 0.6) is 5.75 Å². The number of likely N-dealkylation sites (N-methyl/N-ethyl adjacent to an activating group) is 1. The molecular weight excluding hydrogens is 387 g/mol. The Morgan fingerprint density at radius 3 is 2.47 bits per heavy atom. The molecule has 1 N–H and O–H groups in total. The highest BCUT2D eigenvalue weighted by Crippen LogP contribution is 2.39. The summed E-state index contributed by atoms with van der Waals surface area (Å²) in [5.41, 5.74) is 0.849. The van der Waals surface area contributed by atoms with Crippen molar-refractivity contribution in [2.24, 2.45) is 0 Å². The number of ether oxygens (including phenoxy) is 1. The molecular formula is C21H29BN2O6. The number of aldehydes is 1. The van der Waals surface area contributed by atoms with E-state index < -0.39 is 24.4 Å². The molecule has 0 aliphatic carbocycles. The molecule has 0 radical (unpaired) electrons. The van der Waals surface area contributed by atoms with Gasteiger partial charge in [0.15, 0.2) is 0 Å². The predicted molar refractivity (Wildman–Crippen MR) is 112 cm³/mol. The van der Waals surface area contributed by atoms with Gasteiger partial charge in [0.25, 0.3) is 5.91 Å². The molecule has 2 aliphatic heterocycles. The zero-order valence-corrected chi connectivity index (χ0v) is 18.4. The van der Waals surface area contributed by atoms with E-state index in [2.05, 4.69) is 5.32 Å². The largest absolute Gasteiger partial charge is 0.498 e. The minimum Gasteiger partial charge on any atom is -0.497 e. The summed E-state index contributed by atoms with van der Waals surface area (Å²) in [7, 11) is 2.42. The number of carbonyl (C=O) groups is 3. The normalized spacial score (nSPS) is 20.1. The highest BCUT2D eigenvalue weighted by Gasteiger charge is 2.53. The van der Waals surface area contributed by atoms with Crippen LogP contribution in [-0.4, -0.2) is 61.5 Å². The average molecular weight is 416 g/mol. The van der Waals surface area contributed by atoms with Gasteiger partial charge in [-0.2, -0.15) is 0 Å². The van der Waals surface area contributed by atoms with Gasteiger partial charge in [-0.05, 0) is 40.2 Å². The summed E-state index contributed by atoms with van der Waals surface area (Å²) >= 11 is 0. The van der Waals surface area contributed by atoms with Gasteiger partial charge < -0.3 is 29.1 Å². The number of amides is 2. The number of carbonyl (C=O) groups excluding carboxylic acids is 3. The molecule has 2 amide bonds. The van der Waals surface area contributed by atoms with E-state index in [1.807, 2.05) is 27.7 Å². The summed E-state index contributed by atoms with van der Waals surface area (Å²) in [6.45, 7) is 8.10. The molecule has 1 saturated heterocycles. The molecule has 9 heteroatoms. The van der Waals surface area contributed by atoms with Gasteiger partial charge in [-0.25, -0.2) is 0 Å². The maximum absolute atomic E-state index is 13.1. The summed E-state index contributed by atoms with van der Waals surface area (Å²) in [5, 5.41) is 2.58. The minimum absolute atomic E-state index is 0.189. The Labute approximate surface area is 177 Å². The van der Waals surface area contributed by atoms with Gasteiger partial charge in [-0.15, -0.1) is 0 Å². The number of hydrogen-bond acceptors (Lipinski definition) is 6. The summed E-state index contributed by atoms with van der Waals surface area (Å²) in [5.74, 6) is -0.0423. The smallest absolute Gasteiger partial charge is 0.497 e. The molecule has 1 unspecified atom stereocenters. The molecule has 162 valence electrons. The van der Waals surface area contributed by atoms with Crippen molar-refractivity contribution in [2.45, 2.75) is 64.3 Å². The maximum atomic E-state index is 13.1. The molecule has 1 fully saturated rings. The van der Waals surface area contributed by atoms with Crippen LogP contribution in [0.25, 0.3) is 0 Å². The van der Waals surface area contributed by atoms with E-state index in [0.717, 1.165) is 6.29 Å². The lowest BCUT2D eigenvalue weighted by Gasteiger charge is -2.32. The molecule has 0 saturated carbocycles. The van der Waals surface area contributed by atoms with Crippen LogP contribution >= 0.6 is 0 Å². The second kappa shape index (κ2) is 8.04. The van der Waals surface area contributed by atoms with E-state index in [1.54, 1.807) is 19.2 Å². The number of benzene rings is 1. The molecule has 0 aromatic heterocycles. The second-order valence-electron chi connectivity index (χ2n) is 8.61. The first-order valence-electron chi connectivity index (χ1n) is 10.1. The SMILES string of the molecule is CNC(=O)C(CCC=O)N1Cc2c(ccc(B3OC(C)(C)C(C)(C)O3)c2OC)C1=O. The minimum atomic E-state index is -0.731. The van der Waals surface area contributed by atoms with Crippen LogP contribution in [0.1, 0.15) is 56.5 Å². The Hall–Kier alpha value is -2.39. The third-order valence-electron chi connectivity index (χ3n) is 6.31. The fourth-order valence-electron chi connectivity index (χ4n) is 3.87. The van der Waals surface area contributed by atoms with Crippen molar-refractivity contribution in [1.29, 1.82) is 0 Å². The fraction of sp³-hybridized carbons (Fsp3) is 0.571. The second-order valence-corrected chi connectivity index (χ2v) is 8.61. The van der Waals surface area contributed by atoms with Gasteiger partial charge in [0, 0.05) is 30.1 Å². The van der Waals surface area contributed by atoms with E-state index in [-0.39, 0.29) is 31.2 Å². The maximum Gasteiger partial charge on any atom is 0.498 e. The first-order valence-corrected chi connectivity index (χ1v) is 10.1. The standard InChI is InChI=1S/C21H29BN2O6/c1-20(2)21(3,4)30-22(29-20)15-10-9-13-14(17(15)28-6)12-24(19(13)27)16(8-7-11-25)18(26)23-5/h9-11,16H,7-8,12H2,1-6H3,(H,23,26). The van der Waals surface area contributed by atoms with Crippen LogP contribution in [0.3, 0.4) is 0 Å². The number of methoxy groups -OCH3 is 1. The van der Waals surface area contributed by atoms with Gasteiger partial charge in [-0.3, -0.25) is 9.59 Å². The van der Waals surface area contributed by atoms with E-state index in [9.17, 15) is 14.4 Å². The predicted octanol–water partition coefficient (Wildman–Crippen LogP) is 1.04. The van der Waals surface area contributed by atoms with Crippen molar-refractivity contribution in [3.8, 4) is 5.75 Å². The Morgan fingerprint density at radius 2 is 1.93 bits per heavy atom. The van der Waals surface area contributed by atoms with Gasteiger partial charge in [0.05, 0.1) is 24.9 Å². The molecule has 1 atom stereocenters. The van der Waals surface area contributed by atoms with Crippen molar-refractivity contribution in [1.82, 2.24) is 10.2 Å². The van der Waals surface area contributed by atoms with Crippen LogP contribution in [-0.2, 0) is 25.4 Å². The van der Waals surface area contributed by atoms with Crippen molar-refractivity contribution in [2.75, 3.05) is 14.2 Å². The lowest BCUT2D eigenvalue weighted by molar-refractivity contribution is -0.125. The Kier molecular flexibility index (Phi) is 5.97. The van der Waals surface area contributed by atoms with E-state index in [4.69, 9.17) is 14.0 Å². The van der Waals surface area contributed by atoms with Crippen LogP contribution < -0.4 is 15.5 Å². The van der Waals surface area contributed by atoms with Gasteiger partial charge >= 0.3 is 7.12 Å². The first kappa shape index (κ1) is 22.3. The molecule has 0 bridgehead atoms. The summed E-state index contributed by atoms with van der Waals surface area (Å²) in [4.78, 5) is 37.8. The molecule has 1 aromatic rings. The summed E-state index contributed by atoms with van der Waals surface area (Å²) in [6.07, 6.45) is 1.20. The number of nitrogens with zero attached hydrogens (tertiary/aromatic N) is 1. The Bertz CT molecular complexity index is 853.